The van der Waals surface area contributed by atoms with E-state index in [1.54, 1.807) is 54.6 Å². The number of ether oxygens (including phenoxy) is 2. The summed E-state index contributed by atoms with van der Waals surface area (Å²) in [5.74, 6) is 0.124. The smallest absolute Gasteiger partial charge is 0.312 e. The van der Waals surface area contributed by atoms with E-state index in [1.165, 1.54) is 32.4 Å². The van der Waals surface area contributed by atoms with Crippen LogP contribution in [0.25, 0.3) is 0 Å². The lowest BCUT2D eigenvalue weighted by Crippen LogP contribution is -2.35. The summed E-state index contributed by atoms with van der Waals surface area (Å²) >= 11 is 0. The molecule has 11 heteroatoms. The highest BCUT2D eigenvalue weighted by Crippen LogP contribution is 2.31. The summed E-state index contributed by atoms with van der Waals surface area (Å²) in [5, 5.41) is 5.21. The van der Waals surface area contributed by atoms with Crippen molar-refractivity contribution >= 4 is 33.3 Å². The number of rotatable bonds is 10. The van der Waals surface area contributed by atoms with Crippen LogP contribution in [0.1, 0.15) is 18.0 Å². The molecule has 0 heterocycles. The minimum absolute atomic E-state index is 0.102. The van der Waals surface area contributed by atoms with Crippen molar-refractivity contribution in [2.45, 2.75) is 17.4 Å². The second kappa shape index (κ2) is 11.3. The fourth-order valence-electron chi connectivity index (χ4n) is 3.38. The summed E-state index contributed by atoms with van der Waals surface area (Å²) in [6.45, 7) is 0. The lowest BCUT2D eigenvalue weighted by Gasteiger charge is -2.19. The van der Waals surface area contributed by atoms with Gasteiger partial charge in [0.05, 0.1) is 43.0 Å². The molecule has 5 N–H and O–H groups in total. The number of carbonyl (C=O) groups excluding carboxylic acids is 2. The quantitative estimate of drug-likeness (QED) is 0.337. The molecule has 10 nitrogen and oxygen atoms in total. The number of anilines is 2. The Kier molecular flexibility index (Phi) is 8.16. The van der Waals surface area contributed by atoms with Crippen molar-refractivity contribution in [2.24, 2.45) is 5.73 Å². The van der Waals surface area contributed by atoms with Crippen LogP contribution in [0.4, 0.5) is 16.2 Å². The van der Waals surface area contributed by atoms with Crippen molar-refractivity contribution in [3.05, 3.63) is 78.4 Å². The van der Waals surface area contributed by atoms with E-state index in [0.29, 0.717) is 11.3 Å². The summed E-state index contributed by atoms with van der Waals surface area (Å²) in [7, 11) is -1.19. The van der Waals surface area contributed by atoms with Crippen molar-refractivity contribution in [1.29, 1.82) is 0 Å². The second-order valence-electron chi connectivity index (χ2n) is 7.39. The summed E-state index contributed by atoms with van der Waals surface area (Å²) in [6, 6.07) is 18.1. The highest BCUT2D eigenvalue weighted by molar-refractivity contribution is 7.92. The van der Waals surface area contributed by atoms with Gasteiger partial charge >= 0.3 is 6.03 Å². The molecule has 1 unspecified atom stereocenters. The van der Waals surface area contributed by atoms with Crippen LogP contribution in [0.3, 0.4) is 0 Å². The van der Waals surface area contributed by atoms with E-state index in [1.807, 2.05) is 0 Å². The average molecular weight is 499 g/mol. The fraction of sp³-hybridized carbons (Fsp3) is 0.167. The van der Waals surface area contributed by atoms with Crippen molar-refractivity contribution in [3.8, 4) is 11.5 Å². The van der Waals surface area contributed by atoms with Gasteiger partial charge in [-0.25, -0.2) is 13.2 Å². The second-order valence-corrected chi connectivity index (χ2v) is 9.07. The predicted molar refractivity (Wildman–Crippen MR) is 132 cm³/mol. The van der Waals surface area contributed by atoms with Crippen LogP contribution in [-0.4, -0.2) is 34.6 Å². The van der Waals surface area contributed by atoms with Gasteiger partial charge in [-0.2, -0.15) is 0 Å². The van der Waals surface area contributed by atoms with Gasteiger partial charge in [0.25, 0.3) is 10.0 Å². The molecule has 0 aliphatic heterocycles. The predicted octanol–water partition coefficient (Wildman–Crippen LogP) is 3.24. The van der Waals surface area contributed by atoms with Crippen LogP contribution in [-0.2, 0) is 14.8 Å². The Hall–Kier alpha value is -4.25. The number of amides is 3. The minimum atomic E-state index is -4.02. The van der Waals surface area contributed by atoms with Crippen LogP contribution < -0.4 is 30.6 Å². The molecule has 0 saturated carbocycles. The maximum atomic E-state index is 13.0. The molecule has 3 amide bonds. The van der Waals surface area contributed by atoms with E-state index >= 15 is 0 Å². The molecule has 0 fully saturated rings. The number of benzene rings is 3. The number of methoxy groups -OCH3 is 2. The lowest BCUT2D eigenvalue weighted by atomic mass is 10.0. The van der Waals surface area contributed by atoms with Gasteiger partial charge in [0.1, 0.15) is 11.5 Å². The van der Waals surface area contributed by atoms with E-state index in [9.17, 15) is 18.0 Å². The van der Waals surface area contributed by atoms with Crippen LogP contribution in [0, 0.1) is 0 Å². The normalized spacial score (nSPS) is 11.7. The minimum Gasteiger partial charge on any atom is -0.495 e. The van der Waals surface area contributed by atoms with Crippen molar-refractivity contribution < 1.29 is 27.5 Å². The van der Waals surface area contributed by atoms with Gasteiger partial charge < -0.3 is 25.8 Å². The number of hydrogen-bond acceptors (Lipinski definition) is 6. The van der Waals surface area contributed by atoms with E-state index in [4.69, 9.17) is 15.2 Å². The molecule has 35 heavy (non-hydrogen) atoms. The Balaban J connectivity index is 1.84. The van der Waals surface area contributed by atoms with Crippen molar-refractivity contribution in [1.82, 2.24) is 5.32 Å². The average Bonchev–Trinajstić information content (AvgIpc) is 2.84. The molecule has 3 aromatic carbocycles. The number of nitrogens with two attached hydrogens (primary N) is 1. The SMILES string of the molecule is COc1ccc(S(=O)(=O)Nc2ccccc2OC)cc1NC(=O)CC(NC(N)=O)c1ccccc1. The van der Waals surface area contributed by atoms with Gasteiger partial charge in [-0.05, 0) is 35.9 Å². The fourth-order valence-corrected chi connectivity index (χ4v) is 4.48. The molecule has 0 bridgehead atoms. The topological polar surface area (TPSA) is 149 Å². The summed E-state index contributed by atoms with van der Waals surface area (Å²) < 4.78 is 39.0. The zero-order valence-corrected chi connectivity index (χ0v) is 20.0. The third-order valence-electron chi connectivity index (χ3n) is 5.01. The van der Waals surface area contributed by atoms with Crippen LogP contribution in [0.5, 0.6) is 11.5 Å². The number of primary amides is 1. The molecular formula is C24H26N4O6S. The maximum Gasteiger partial charge on any atom is 0.312 e. The molecule has 1 atom stereocenters. The molecule has 0 spiro atoms. The molecule has 0 aromatic heterocycles. The first-order valence-corrected chi connectivity index (χ1v) is 12.0. The number of urea groups is 1. The molecule has 3 aromatic rings. The van der Waals surface area contributed by atoms with E-state index in [-0.39, 0.29) is 28.4 Å². The zero-order valence-electron chi connectivity index (χ0n) is 19.1. The summed E-state index contributed by atoms with van der Waals surface area (Å²) in [4.78, 5) is 24.2. The van der Waals surface area contributed by atoms with Crippen LogP contribution in [0.15, 0.2) is 77.7 Å². The van der Waals surface area contributed by atoms with Crippen LogP contribution in [0.2, 0.25) is 0 Å². The Bertz CT molecular complexity index is 1300. The number of sulfonamides is 1. The lowest BCUT2D eigenvalue weighted by molar-refractivity contribution is -0.116. The molecule has 0 saturated heterocycles. The summed E-state index contributed by atoms with van der Waals surface area (Å²) in [5.41, 5.74) is 6.37. The molecule has 0 radical (unpaired) electrons. The first kappa shape index (κ1) is 25.4. The van der Waals surface area contributed by atoms with E-state index < -0.39 is 28.0 Å². The number of carbonyl (C=O) groups is 2. The Labute approximate surface area is 203 Å². The number of hydrogen-bond donors (Lipinski definition) is 4. The molecule has 0 aliphatic rings. The maximum absolute atomic E-state index is 13.0. The molecule has 0 aliphatic carbocycles. The monoisotopic (exact) mass is 498 g/mol. The van der Waals surface area contributed by atoms with Gasteiger partial charge in [-0.3, -0.25) is 9.52 Å². The molecule has 3 rings (SSSR count). The van der Waals surface area contributed by atoms with Gasteiger partial charge in [0, 0.05) is 0 Å². The highest BCUT2D eigenvalue weighted by Gasteiger charge is 2.21. The number of nitrogens with one attached hydrogen (secondary N) is 3. The largest absolute Gasteiger partial charge is 0.495 e. The third-order valence-corrected chi connectivity index (χ3v) is 6.38. The number of para-hydroxylation sites is 2. The first-order chi connectivity index (χ1) is 16.7. The molecular weight excluding hydrogens is 472 g/mol. The summed E-state index contributed by atoms with van der Waals surface area (Å²) in [6.07, 6.45) is -0.146. The Morgan fingerprint density at radius 3 is 2.17 bits per heavy atom. The third kappa shape index (κ3) is 6.64. The van der Waals surface area contributed by atoms with Crippen LogP contribution >= 0.6 is 0 Å². The van der Waals surface area contributed by atoms with E-state index in [0.717, 1.165) is 0 Å². The van der Waals surface area contributed by atoms with Gasteiger partial charge in [-0.15, -0.1) is 0 Å². The van der Waals surface area contributed by atoms with E-state index in [2.05, 4.69) is 15.4 Å². The Morgan fingerprint density at radius 1 is 0.886 bits per heavy atom. The van der Waals surface area contributed by atoms with Crippen molar-refractivity contribution in [3.63, 3.8) is 0 Å². The van der Waals surface area contributed by atoms with Gasteiger partial charge in [0.2, 0.25) is 5.91 Å². The molecule has 184 valence electrons. The zero-order chi connectivity index (χ0) is 25.4. The first-order valence-electron chi connectivity index (χ1n) is 10.5. The van der Waals surface area contributed by atoms with Crippen molar-refractivity contribution in [2.75, 3.05) is 24.3 Å². The highest BCUT2D eigenvalue weighted by atomic mass is 32.2. The van der Waals surface area contributed by atoms with Gasteiger partial charge in [-0.1, -0.05) is 42.5 Å². The van der Waals surface area contributed by atoms with Gasteiger partial charge in [0.15, 0.2) is 0 Å². The Morgan fingerprint density at radius 2 is 1.51 bits per heavy atom. The standard InChI is InChI=1S/C24H26N4O6S/c1-33-21-11-7-6-10-18(21)28-35(31,32)17-12-13-22(34-2)20(14-17)26-23(29)15-19(27-24(25)30)16-8-4-3-5-9-16/h3-14,19,28H,15H2,1-2H3,(H,26,29)(H3,25,27,30).